The SMILES string of the molecule is CC(=O)N(CC1CCN(CCOc2ccccc2)CC1)C(c1ccc(Cl)cc1)c1ccccn1. The Kier molecular flexibility index (Phi) is 8.56. The first kappa shape index (κ1) is 24.2. The average Bonchev–Trinajstić information content (AvgIpc) is 2.87. The first-order chi connectivity index (χ1) is 16.6. The fourth-order valence-corrected chi connectivity index (χ4v) is 4.72. The lowest BCUT2D eigenvalue weighted by molar-refractivity contribution is -0.131. The lowest BCUT2D eigenvalue weighted by Crippen LogP contribution is -2.43. The van der Waals surface area contributed by atoms with E-state index in [1.807, 2.05) is 77.7 Å². The summed E-state index contributed by atoms with van der Waals surface area (Å²) in [4.78, 5) is 21.9. The highest BCUT2D eigenvalue weighted by atomic mass is 35.5. The molecule has 0 aliphatic carbocycles. The summed E-state index contributed by atoms with van der Waals surface area (Å²) in [7, 11) is 0. The maximum absolute atomic E-state index is 12.9. The zero-order chi connectivity index (χ0) is 23.8. The third-order valence-corrected chi connectivity index (χ3v) is 6.70. The van der Waals surface area contributed by atoms with E-state index in [2.05, 4.69) is 9.88 Å². The molecule has 1 amide bonds. The minimum absolute atomic E-state index is 0.0595. The number of halogens is 1. The van der Waals surface area contributed by atoms with Gasteiger partial charge in [-0.25, -0.2) is 0 Å². The Morgan fingerprint density at radius 1 is 1.06 bits per heavy atom. The quantitative estimate of drug-likeness (QED) is 0.410. The van der Waals surface area contributed by atoms with E-state index in [9.17, 15) is 4.79 Å². The zero-order valence-corrected chi connectivity index (χ0v) is 20.4. The van der Waals surface area contributed by atoms with Crippen molar-refractivity contribution in [1.82, 2.24) is 14.8 Å². The topological polar surface area (TPSA) is 45.7 Å². The van der Waals surface area contributed by atoms with E-state index in [-0.39, 0.29) is 11.9 Å². The highest BCUT2D eigenvalue weighted by Crippen LogP contribution is 2.31. The molecule has 1 unspecified atom stereocenters. The first-order valence-electron chi connectivity index (χ1n) is 11.9. The molecule has 6 heteroatoms. The van der Waals surface area contributed by atoms with Crippen molar-refractivity contribution in [3.63, 3.8) is 0 Å². The number of hydrogen-bond acceptors (Lipinski definition) is 4. The highest BCUT2D eigenvalue weighted by Gasteiger charge is 2.29. The predicted octanol–water partition coefficient (Wildman–Crippen LogP) is 5.46. The summed E-state index contributed by atoms with van der Waals surface area (Å²) in [6.07, 6.45) is 3.90. The number of amides is 1. The molecule has 3 aromatic rings. The number of ether oxygens (including phenoxy) is 1. The van der Waals surface area contributed by atoms with Crippen molar-refractivity contribution in [2.45, 2.75) is 25.8 Å². The molecule has 1 fully saturated rings. The molecule has 0 spiro atoms. The maximum atomic E-state index is 12.9. The second-order valence-electron chi connectivity index (χ2n) is 8.83. The van der Waals surface area contributed by atoms with Crippen molar-refractivity contribution >= 4 is 17.5 Å². The second kappa shape index (κ2) is 12.0. The fourth-order valence-electron chi connectivity index (χ4n) is 4.59. The van der Waals surface area contributed by atoms with E-state index < -0.39 is 0 Å². The molecule has 1 saturated heterocycles. The van der Waals surface area contributed by atoms with Crippen LogP contribution in [0.2, 0.25) is 5.02 Å². The first-order valence-corrected chi connectivity index (χ1v) is 12.3. The third kappa shape index (κ3) is 6.58. The van der Waals surface area contributed by atoms with Gasteiger partial charge in [0.1, 0.15) is 12.4 Å². The van der Waals surface area contributed by atoms with Gasteiger partial charge in [0.25, 0.3) is 0 Å². The Bertz CT molecular complexity index is 1020. The summed E-state index contributed by atoms with van der Waals surface area (Å²) < 4.78 is 5.86. The van der Waals surface area contributed by atoms with Crippen LogP contribution in [0.1, 0.15) is 37.1 Å². The fraction of sp³-hybridized carbons (Fsp3) is 0.357. The van der Waals surface area contributed by atoms with Crippen LogP contribution < -0.4 is 4.74 Å². The van der Waals surface area contributed by atoms with Crippen molar-refractivity contribution in [3.05, 3.63) is 95.3 Å². The molecule has 1 aliphatic heterocycles. The van der Waals surface area contributed by atoms with E-state index in [0.29, 0.717) is 24.1 Å². The van der Waals surface area contributed by atoms with Crippen molar-refractivity contribution in [2.75, 3.05) is 32.8 Å². The number of para-hydroxylation sites is 1. The molecule has 178 valence electrons. The third-order valence-electron chi connectivity index (χ3n) is 6.45. The van der Waals surface area contributed by atoms with Crippen LogP contribution in [0.5, 0.6) is 5.75 Å². The van der Waals surface area contributed by atoms with Crippen LogP contribution in [0, 0.1) is 5.92 Å². The van der Waals surface area contributed by atoms with E-state index in [0.717, 1.165) is 49.5 Å². The zero-order valence-electron chi connectivity index (χ0n) is 19.6. The number of carbonyl (C=O) groups excluding carboxylic acids is 1. The number of carbonyl (C=O) groups is 1. The van der Waals surface area contributed by atoms with Crippen LogP contribution >= 0.6 is 11.6 Å². The molecule has 0 N–H and O–H groups in total. The van der Waals surface area contributed by atoms with Gasteiger partial charge in [-0.3, -0.25) is 14.7 Å². The molecule has 1 atom stereocenters. The summed E-state index contributed by atoms with van der Waals surface area (Å²) in [5.41, 5.74) is 1.89. The standard InChI is InChI=1S/C28H32ClN3O2/c1-22(33)32(28(27-9-5-6-16-30-27)24-10-12-25(29)13-11-24)21-23-14-17-31(18-15-23)19-20-34-26-7-3-2-4-8-26/h2-13,16,23,28H,14-15,17-21H2,1H3. The van der Waals surface area contributed by atoms with Gasteiger partial charge in [0.15, 0.2) is 0 Å². The van der Waals surface area contributed by atoms with Crippen molar-refractivity contribution < 1.29 is 9.53 Å². The molecule has 34 heavy (non-hydrogen) atoms. The Morgan fingerprint density at radius 3 is 2.41 bits per heavy atom. The number of benzene rings is 2. The number of rotatable bonds is 9. The molecule has 5 nitrogen and oxygen atoms in total. The van der Waals surface area contributed by atoms with E-state index >= 15 is 0 Å². The van der Waals surface area contributed by atoms with Gasteiger partial charge in [-0.2, -0.15) is 0 Å². The molecule has 0 saturated carbocycles. The second-order valence-corrected chi connectivity index (χ2v) is 9.26. The van der Waals surface area contributed by atoms with Crippen LogP contribution in [-0.2, 0) is 4.79 Å². The maximum Gasteiger partial charge on any atom is 0.220 e. The van der Waals surface area contributed by atoms with Crippen LogP contribution in [0.3, 0.4) is 0 Å². The van der Waals surface area contributed by atoms with Gasteiger partial charge >= 0.3 is 0 Å². The molecular formula is C28H32ClN3O2. The van der Waals surface area contributed by atoms with Gasteiger partial charge in [0.2, 0.25) is 5.91 Å². The van der Waals surface area contributed by atoms with Crippen molar-refractivity contribution in [2.24, 2.45) is 5.92 Å². The van der Waals surface area contributed by atoms with Gasteiger partial charge in [-0.15, -0.1) is 0 Å². The van der Waals surface area contributed by atoms with Crippen LogP contribution in [0.4, 0.5) is 0 Å². The van der Waals surface area contributed by atoms with Crippen LogP contribution in [-0.4, -0.2) is 53.5 Å². The number of likely N-dealkylation sites (tertiary alicyclic amines) is 1. The lowest BCUT2D eigenvalue weighted by Gasteiger charge is -2.37. The molecule has 0 radical (unpaired) electrons. The summed E-state index contributed by atoms with van der Waals surface area (Å²) in [5.74, 6) is 1.43. The summed E-state index contributed by atoms with van der Waals surface area (Å²) >= 11 is 6.13. The average molecular weight is 478 g/mol. The molecule has 1 aliphatic rings. The Morgan fingerprint density at radius 2 is 1.76 bits per heavy atom. The van der Waals surface area contributed by atoms with Crippen LogP contribution in [0.15, 0.2) is 79.0 Å². The number of hydrogen-bond donors (Lipinski definition) is 0. The molecule has 2 aromatic carbocycles. The number of aromatic nitrogens is 1. The number of nitrogens with zero attached hydrogens (tertiary/aromatic N) is 3. The molecule has 4 rings (SSSR count). The van der Waals surface area contributed by atoms with E-state index in [4.69, 9.17) is 16.3 Å². The van der Waals surface area contributed by atoms with E-state index in [1.165, 1.54) is 0 Å². The minimum Gasteiger partial charge on any atom is -0.492 e. The van der Waals surface area contributed by atoms with Gasteiger partial charge in [0, 0.05) is 31.2 Å². The Hall–Kier alpha value is -2.89. The summed E-state index contributed by atoms with van der Waals surface area (Å²) in [6, 6.07) is 23.3. The molecule has 1 aromatic heterocycles. The van der Waals surface area contributed by atoms with Gasteiger partial charge in [0.05, 0.1) is 11.7 Å². The Labute approximate surface area is 207 Å². The smallest absolute Gasteiger partial charge is 0.220 e. The van der Waals surface area contributed by atoms with Crippen molar-refractivity contribution in [3.8, 4) is 5.75 Å². The van der Waals surface area contributed by atoms with Gasteiger partial charge in [-0.1, -0.05) is 48.0 Å². The largest absolute Gasteiger partial charge is 0.492 e. The predicted molar refractivity (Wildman–Crippen MR) is 136 cm³/mol. The summed E-state index contributed by atoms with van der Waals surface area (Å²) in [5, 5.41) is 0.682. The van der Waals surface area contributed by atoms with Gasteiger partial charge < -0.3 is 9.64 Å². The molecule has 2 heterocycles. The lowest BCUT2D eigenvalue weighted by atomic mass is 9.93. The number of piperidine rings is 1. The highest BCUT2D eigenvalue weighted by molar-refractivity contribution is 6.30. The van der Waals surface area contributed by atoms with Crippen molar-refractivity contribution in [1.29, 1.82) is 0 Å². The summed E-state index contributed by atoms with van der Waals surface area (Å²) in [6.45, 7) is 6.01. The monoisotopic (exact) mass is 477 g/mol. The van der Waals surface area contributed by atoms with E-state index in [1.54, 1.807) is 13.1 Å². The number of pyridine rings is 1. The van der Waals surface area contributed by atoms with Gasteiger partial charge in [-0.05, 0) is 73.8 Å². The minimum atomic E-state index is -0.228. The molecule has 0 bridgehead atoms. The Balaban J connectivity index is 1.38. The van der Waals surface area contributed by atoms with Crippen LogP contribution in [0.25, 0.3) is 0 Å². The molecular weight excluding hydrogens is 446 g/mol. The normalized spacial score (nSPS) is 15.6.